The van der Waals surface area contributed by atoms with Crippen LogP contribution in [0.1, 0.15) is 12.8 Å². The topological polar surface area (TPSA) is 40.1 Å². The largest absolute Gasteiger partial charge is 0.545 e. The Morgan fingerprint density at radius 2 is 1.64 bits per heavy atom. The molecule has 7 heteroatoms. The molecule has 0 radical (unpaired) electrons. The Morgan fingerprint density at radius 1 is 1.21 bits per heavy atom. The van der Waals surface area contributed by atoms with Crippen LogP contribution in [-0.2, 0) is 4.79 Å². The van der Waals surface area contributed by atoms with Gasteiger partial charge in [0.05, 0.1) is 5.97 Å². The fourth-order valence-corrected chi connectivity index (χ4v) is 0.552. The van der Waals surface area contributed by atoms with Crippen molar-refractivity contribution in [1.82, 2.24) is 0 Å². The molecule has 0 bridgehead atoms. The summed E-state index contributed by atoms with van der Waals surface area (Å²) in [6.45, 7) is 2.78. The van der Waals surface area contributed by atoms with E-state index >= 15 is 0 Å². The highest BCUT2D eigenvalue weighted by Crippen LogP contribution is 2.39. The Balaban J connectivity index is 4.27. The molecule has 0 fully saturated rings. The van der Waals surface area contributed by atoms with Crippen LogP contribution in [0.15, 0.2) is 12.2 Å². The van der Waals surface area contributed by atoms with Crippen LogP contribution in [0, 0.1) is 0 Å². The smallest absolute Gasteiger partial charge is 0.453 e. The number of carbonyl (C=O) groups excluding carboxylic acids is 1. The van der Waals surface area contributed by atoms with E-state index in [1.807, 2.05) is 0 Å². The summed E-state index contributed by atoms with van der Waals surface area (Å²) in [7, 11) is 0. The van der Waals surface area contributed by atoms with E-state index in [4.69, 9.17) is 0 Å². The fourth-order valence-electron chi connectivity index (χ4n) is 0.552. The highest BCUT2D eigenvalue weighted by Gasteiger charge is 2.56. The first kappa shape index (κ1) is 12.9. The zero-order valence-corrected chi connectivity index (χ0v) is 6.83. The summed E-state index contributed by atoms with van der Waals surface area (Å²) in [6.07, 6.45) is -8.27. The van der Waals surface area contributed by atoms with Crippen LogP contribution in [0.5, 0.6) is 0 Å². The Hall–Kier alpha value is -1.14. The van der Waals surface area contributed by atoms with Gasteiger partial charge in [-0.1, -0.05) is 6.58 Å². The Bertz CT molecular complexity index is 243. The first-order chi connectivity index (χ1) is 6.08. The van der Waals surface area contributed by atoms with Gasteiger partial charge in [0.25, 0.3) is 0 Å². The molecule has 0 aliphatic carbocycles. The molecular formula is C7H6F5O2-. The number of aliphatic carboxylic acids is 1. The second kappa shape index (κ2) is 3.93. The zero-order chi connectivity index (χ0) is 11.6. The van der Waals surface area contributed by atoms with Gasteiger partial charge in [0.15, 0.2) is 0 Å². The predicted molar refractivity (Wildman–Crippen MR) is 34.4 cm³/mol. The molecular weight excluding hydrogens is 211 g/mol. The van der Waals surface area contributed by atoms with Gasteiger partial charge in [-0.3, -0.25) is 0 Å². The normalized spacial score (nSPS) is 12.6. The molecule has 0 amide bonds. The van der Waals surface area contributed by atoms with Crippen molar-refractivity contribution < 1.29 is 31.9 Å². The number of halogens is 5. The minimum absolute atomic E-state index is 0.783. The van der Waals surface area contributed by atoms with Crippen LogP contribution in [0.25, 0.3) is 0 Å². The molecule has 0 rings (SSSR count). The maximum Gasteiger partial charge on any atom is 0.453 e. The van der Waals surface area contributed by atoms with Crippen molar-refractivity contribution in [3.8, 4) is 0 Å². The number of hydrogen-bond acceptors (Lipinski definition) is 2. The first-order valence-electron chi connectivity index (χ1n) is 3.41. The van der Waals surface area contributed by atoms with Gasteiger partial charge < -0.3 is 9.90 Å². The van der Waals surface area contributed by atoms with Crippen LogP contribution in [0.3, 0.4) is 0 Å². The van der Waals surface area contributed by atoms with Crippen molar-refractivity contribution in [3.05, 3.63) is 12.2 Å². The first-order valence-corrected chi connectivity index (χ1v) is 3.41. The highest BCUT2D eigenvalue weighted by molar-refractivity contribution is 5.83. The summed E-state index contributed by atoms with van der Waals surface area (Å²) in [6, 6.07) is 0. The number of carbonyl (C=O) groups is 1. The average Bonchev–Trinajstić information content (AvgIpc) is 1.97. The van der Waals surface area contributed by atoms with Crippen LogP contribution in [-0.4, -0.2) is 18.1 Å². The van der Waals surface area contributed by atoms with Crippen molar-refractivity contribution in [2.45, 2.75) is 24.9 Å². The molecule has 0 aromatic heterocycles. The number of hydrogen-bond donors (Lipinski definition) is 0. The minimum Gasteiger partial charge on any atom is -0.545 e. The Kier molecular flexibility index (Phi) is 3.61. The minimum atomic E-state index is -5.67. The third-order valence-electron chi connectivity index (χ3n) is 1.44. The average molecular weight is 217 g/mol. The number of alkyl halides is 5. The molecule has 0 aliphatic heterocycles. The molecule has 0 unspecified atom stereocenters. The summed E-state index contributed by atoms with van der Waals surface area (Å²) in [5.41, 5.74) is -0.783. The molecule has 2 nitrogen and oxygen atoms in total. The zero-order valence-electron chi connectivity index (χ0n) is 6.83. The van der Waals surface area contributed by atoms with Crippen molar-refractivity contribution in [2.24, 2.45) is 0 Å². The number of rotatable bonds is 4. The molecule has 0 aromatic carbocycles. The fraction of sp³-hybridized carbons (Fsp3) is 0.571. The van der Waals surface area contributed by atoms with E-state index in [1.165, 1.54) is 0 Å². The van der Waals surface area contributed by atoms with E-state index in [-0.39, 0.29) is 0 Å². The molecule has 0 saturated heterocycles. The SMILES string of the molecule is C=C(CCC(F)(F)C(F)(F)F)C(=O)[O-]. The van der Waals surface area contributed by atoms with Gasteiger partial charge in [-0.2, -0.15) is 22.0 Å². The number of carboxylic acid groups (broad SMARTS) is 1. The molecule has 0 heterocycles. The molecule has 0 saturated carbocycles. The van der Waals surface area contributed by atoms with Crippen molar-refractivity contribution >= 4 is 5.97 Å². The second-order valence-electron chi connectivity index (χ2n) is 2.59. The summed E-state index contributed by atoms with van der Waals surface area (Å²) in [4.78, 5) is 9.93. The standard InChI is InChI=1S/C7H7F5O2/c1-4(5(13)14)2-3-6(8,9)7(10,11)12/h1-3H2,(H,13,14)/p-1. The monoisotopic (exact) mass is 217 g/mol. The Labute approximate surface area is 76.0 Å². The molecule has 0 spiro atoms. The molecule has 14 heavy (non-hydrogen) atoms. The highest BCUT2D eigenvalue weighted by atomic mass is 19.4. The maximum atomic E-state index is 12.2. The van der Waals surface area contributed by atoms with E-state index in [0.717, 1.165) is 0 Å². The second-order valence-corrected chi connectivity index (χ2v) is 2.59. The maximum absolute atomic E-state index is 12.2. The molecule has 0 N–H and O–H groups in total. The van der Waals surface area contributed by atoms with Gasteiger partial charge in [-0.15, -0.1) is 0 Å². The third-order valence-corrected chi connectivity index (χ3v) is 1.44. The van der Waals surface area contributed by atoms with E-state index < -0.39 is 36.5 Å². The van der Waals surface area contributed by atoms with Gasteiger partial charge in [-0.25, -0.2) is 0 Å². The quantitative estimate of drug-likeness (QED) is 0.525. The molecule has 0 aromatic rings. The lowest BCUT2D eigenvalue weighted by molar-refractivity contribution is -0.300. The van der Waals surface area contributed by atoms with Gasteiger partial charge in [-0.05, 0) is 12.0 Å². The lowest BCUT2D eigenvalue weighted by atomic mass is 10.1. The van der Waals surface area contributed by atoms with Gasteiger partial charge in [0, 0.05) is 6.42 Å². The lowest BCUT2D eigenvalue weighted by Crippen LogP contribution is -2.37. The summed E-state index contributed by atoms with van der Waals surface area (Å²) in [5.74, 6) is -6.73. The third kappa shape index (κ3) is 3.31. The molecule has 0 atom stereocenters. The molecule has 0 aliphatic rings. The van der Waals surface area contributed by atoms with Crippen LogP contribution < -0.4 is 5.11 Å². The van der Waals surface area contributed by atoms with E-state index in [0.29, 0.717) is 0 Å². The van der Waals surface area contributed by atoms with E-state index in [2.05, 4.69) is 6.58 Å². The summed E-state index contributed by atoms with van der Waals surface area (Å²) in [5, 5.41) is 9.93. The van der Waals surface area contributed by atoms with Crippen LogP contribution in [0.4, 0.5) is 22.0 Å². The summed E-state index contributed by atoms with van der Waals surface area (Å²) < 4.78 is 59.0. The lowest BCUT2D eigenvalue weighted by Gasteiger charge is -2.19. The van der Waals surface area contributed by atoms with Crippen LogP contribution >= 0.6 is 0 Å². The van der Waals surface area contributed by atoms with Gasteiger partial charge >= 0.3 is 12.1 Å². The van der Waals surface area contributed by atoms with E-state index in [1.54, 1.807) is 0 Å². The van der Waals surface area contributed by atoms with Crippen LogP contribution in [0.2, 0.25) is 0 Å². The van der Waals surface area contributed by atoms with Gasteiger partial charge in [0.1, 0.15) is 0 Å². The van der Waals surface area contributed by atoms with Gasteiger partial charge in [0.2, 0.25) is 0 Å². The summed E-state index contributed by atoms with van der Waals surface area (Å²) >= 11 is 0. The Morgan fingerprint density at radius 3 is 1.93 bits per heavy atom. The van der Waals surface area contributed by atoms with Crippen molar-refractivity contribution in [3.63, 3.8) is 0 Å². The predicted octanol–water partition coefficient (Wildman–Crippen LogP) is 1.27. The van der Waals surface area contributed by atoms with Crippen molar-refractivity contribution in [2.75, 3.05) is 0 Å². The number of carboxylic acids is 1. The molecule has 82 valence electrons. The van der Waals surface area contributed by atoms with E-state index in [9.17, 15) is 31.9 Å². The van der Waals surface area contributed by atoms with Crippen molar-refractivity contribution in [1.29, 1.82) is 0 Å².